The van der Waals surface area contributed by atoms with Crippen LogP contribution in [-0.2, 0) is 9.59 Å². The van der Waals surface area contributed by atoms with Crippen molar-refractivity contribution in [2.45, 2.75) is 37.9 Å². The van der Waals surface area contributed by atoms with E-state index >= 15 is 0 Å². The highest BCUT2D eigenvalue weighted by Gasteiger charge is 2.43. The van der Waals surface area contributed by atoms with Gasteiger partial charge in [-0.05, 0) is 24.8 Å². The third-order valence-electron chi connectivity index (χ3n) is 4.17. The molecule has 0 aliphatic heterocycles. The minimum Gasteiger partial charge on any atom is -0.479 e. The van der Waals surface area contributed by atoms with Gasteiger partial charge in [0.2, 0.25) is 5.91 Å². The number of alkyl halides is 3. The fraction of sp³-hybridized carbons (Fsp3) is 0.500. The number of carboxylic acids is 1. The number of amides is 1. The summed E-state index contributed by atoms with van der Waals surface area (Å²) in [5.41, 5.74) is 0.386. The van der Waals surface area contributed by atoms with Gasteiger partial charge in [-0.1, -0.05) is 36.8 Å². The average molecular weight is 329 g/mol. The maximum atomic E-state index is 12.8. The largest absolute Gasteiger partial charge is 0.479 e. The lowest BCUT2D eigenvalue weighted by atomic mass is 9.80. The molecule has 0 radical (unpaired) electrons. The lowest BCUT2D eigenvalue weighted by Gasteiger charge is -2.30. The predicted molar refractivity (Wildman–Crippen MR) is 76.5 cm³/mol. The molecule has 4 nitrogen and oxygen atoms in total. The number of hydrogen-bond donors (Lipinski definition) is 2. The molecule has 3 atom stereocenters. The Labute approximate surface area is 131 Å². The molecule has 0 aromatic heterocycles. The third-order valence-corrected chi connectivity index (χ3v) is 4.17. The van der Waals surface area contributed by atoms with Crippen LogP contribution >= 0.6 is 0 Å². The second-order valence-corrected chi connectivity index (χ2v) is 5.79. The molecule has 7 heteroatoms. The normalized spacial score (nSPS) is 23.1. The van der Waals surface area contributed by atoms with E-state index in [1.165, 1.54) is 0 Å². The molecule has 0 spiro atoms. The summed E-state index contributed by atoms with van der Waals surface area (Å²) in [6.07, 6.45) is -3.92. The molecule has 1 fully saturated rings. The zero-order valence-electron chi connectivity index (χ0n) is 12.3. The van der Waals surface area contributed by atoms with Crippen LogP contribution in [0.5, 0.6) is 0 Å². The van der Waals surface area contributed by atoms with Crippen LogP contribution in [0.4, 0.5) is 13.2 Å². The molecule has 1 aliphatic carbocycles. The monoisotopic (exact) mass is 329 g/mol. The molecule has 1 aromatic carbocycles. The van der Waals surface area contributed by atoms with E-state index in [0.29, 0.717) is 18.4 Å². The quantitative estimate of drug-likeness (QED) is 0.891. The Morgan fingerprint density at radius 2 is 1.83 bits per heavy atom. The first-order valence-electron chi connectivity index (χ1n) is 7.44. The molecule has 23 heavy (non-hydrogen) atoms. The van der Waals surface area contributed by atoms with E-state index in [-0.39, 0.29) is 12.8 Å². The molecule has 2 N–H and O–H groups in total. The van der Waals surface area contributed by atoms with Crippen LogP contribution in [0.25, 0.3) is 0 Å². The van der Waals surface area contributed by atoms with Crippen molar-refractivity contribution in [2.75, 3.05) is 0 Å². The second-order valence-electron chi connectivity index (χ2n) is 5.79. The van der Waals surface area contributed by atoms with E-state index in [2.05, 4.69) is 5.32 Å². The van der Waals surface area contributed by atoms with Crippen molar-refractivity contribution in [1.29, 1.82) is 0 Å². The fourth-order valence-electron chi connectivity index (χ4n) is 2.92. The van der Waals surface area contributed by atoms with Crippen LogP contribution < -0.4 is 5.32 Å². The number of carboxylic acid groups (broad SMARTS) is 1. The van der Waals surface area contributed by atoms with E-state index in [1.807, 2.05) is 0 Å². The summed E-state index contributed by atoms with van der Waals surface area (Å²) in [4.78, 5) is 23.6. The van der Waals surface area contributed by atoms with Gasteiger partial charge < -0.3 is 10.4 Å². The van der Waals surface area contributed by atoms with Crippen LogP contribution in [0, 0.1) is 11.8 Å². The number of aliphatic carboxylic acids is 1. The first-order chi connectivity index (χ1) is 10.8. The maximum Gasteiger partial charge on any atom is 0.391 e. The Kier molecular flexibility index (Phi) is 5.28. The summed E-state index contributed by atoms with van der Waals surface area (Å²) in [5, 5.41) is 11.6. The van der Waals surface area contributed by atoms with Crippen molar-refractivity contribution in [3.63, 3.8) is 0 Å². The lowest BCUT2D eigenvalue weighted by molar-refractivity contribution is -0.186. The van der Waals surface area contributed by atoms with Crippen molar-refractivity contribution < 1.29 is 27.9 Å². The van der Waals surface area contributed by atoms with Gasteiger partial charge in [-0.15, -0.1) is 0 Å². The Hall–Kier alpha value is -2.05. The van der Waals surface area contributed by atoms with Gasteiger partial charge in [0, 0.05) is 5.92 Å². The summed E-state index contributed by atoms with van der Waals surface area (Å²) >= 11 is 0. The average Bonchev–Trinajstić information content (AvgIpc) is 2.52. The van der Waals surface area contributed by atoms with Crippen molar-refractivity contribution in [2.24, 2.45) is 11.8 Å². The number of carbonyl (C=O) groups is 2. The molecule has 3 unspecified atom stereocenters. The zero-order chi connectivity index (χ0) is 17.0. The molecule has 1 amide bonds. The second kappa shape index (κ2) is 7.02. The van der Waals surface area contributed by atoms with E-state index in [4.69, 9.17) is 0 Å². The highest BCUT2D eigenvalue weighted by molar-refractivity contribution is 5.85. The summed E-state index contributed by atoms with van der Waals surface area (Å²) in [6, 6.07) is 6.83. The molecule has 126 valence electrons. The number of rotatable bonds is 4. The number of halogens is 3. The smallest absolute Gasteiger partial charge is 0.391 e. The number of hydrogen-bond acceptors (Lipinski definition) is 2. The van der Waals surface area contributed by atoms with Gasteiger partial charge in [-0.25, -0.2) is 4.79 Å². The molecular formula is C16H18F3NO3. The minimum absolute atomic E-state index is 0.0221. The van der Waals surface area contributed by atoms with Gasteiger partial charge in [0.25, 0.3) is 0 Å². The highest BCUT2D eigenvalue weighted by Crippen LogP contribution is 2.40. The van der Waals surface area contributed by atoms with Crippen LogP contribution in [0.3, 0.4) is 0 Å². The van der Waals surface area contributed by atoms with Crippen LogP contribution in [0.15, 0.2) is 30.3 Å². The van der Waals surface area contributed by atoms with E-state index in [0.717, 1.165) is 0 Å². The summed E-state index contributed by atoms with van der Waals surface area (Å²) in [6.45, 7) is 0. The summed E-state index contributed by atoms with van der Waals surface area (Å²) < 4.78 is 38.4. The van der Waals surface area contributed by atoms with Crippen molar-refractivity contribution >= 4 is 11.9 Å². The van der Waals surface area contributed by atoms with Crippen LogP contribution in [0.1, 0.15) is 37.3 Å². The van der Waals surface area contributed by atoms with Crippen molar-refractivity contribution in [3.05, 3.63) is 35.9 Å². The van der Waals surface area contributed by atoms with Crippen molar-refractivity contribution in [3.8, 4) is 0 Å². The molecule has 1 aromatic rings. The Morgan fingerprint density at radius 3 is 2.39 bits per heavy atom. The van der Waals surface area contributed by atoms with Gasteiger partial charge >= 0.3 is 12.1 Å². The van der Waals surface area contributed by atoms with Gasteiger partial charge in [0.15, 0.2) is 6.04 Å². The molecule has 0 heterocycles. The summed E-state index contributed by atoms with van der Waals surface area (Å²) in [5.74, 6) is -4.17. The Morgan fingerprint density at radius 1 is 1.17 bits per heavy atom. The standard InChI is InChI=1S/C16H18F3NO3/c17-16(18,19)12-8-4-7-11(9-12)14(21)20-13(15(22)23)10-5-2-1-3-6-10/h1-3,5-6,11-13H,4,7-9H2,(H,20,21)(H,22,23). The predicted octanol–water partition coefficient (Wildman–Crippen LogP) is 3.30. The molecule has 2 rings (SSSR count). The van der Waals surface area contributed by atoms with E-state index < -0.39 is 35.9 Å². The van der Waals surface area contributed by atoms with Gasteiger partial charge in [-0.3, -0.25) is 4.79 Å². The summed E-state index contributed by atoms with van der Waals surface area (Å²) in [7, 11) is 0. The molecular weight excluding hydrogens is 311 g/mol. The maximum absolute atomic E-state index is 12.8. The number of benzene rings is 1. The van der Waals surface area contributed by atoms with Crippen LogP contribution in [0.2, 0.25) is 0 Å². The molecule has 1 saturated carbocycles. The number of carbonyl (C=O) groups excluding carboxylic acids is 1. The highest BCUT2D eigenvalue weighted by atomic mass is 19.4. The SMILES string of the molecule is O=C(NC(C(=O)O)c1ccccc1)C1CCCC(C(F)(F)F)C1. The Balaban J connectivity index is 2.06. The minimum atomic E-state index is -4.31. The molecule has 0 bridgehead atoms. The first kappa shape index (κ1) is 17.3. The topological polar surface area (TPSA) is 66.4 Å². The van der Waals surface area contributed by atoms with Crippen molar-refractivity contribution in [1.82, 2.24) is 5.32 Å². The van der Waals surface area contributed by atoms with E-state index in [9.17, 15) is 27.9 Å². The fourth-order valence-corrected chi connectivity index (χ4v) is 2.92. The molecule has 0 saturated heterocycles. The van der Waals surface area contributed by atoms with Gasteiger partial charge in [0.1, 0.15) is 0 Å². The zero-order valence-corrected chi connectivity index (χ0v) is 12.3. The third kappa shape index (κ3) is 4.46. The van der Waals surface area contributed by atoms with Gasteiger partial charge in [-0.2, -0.15) is 13.2 Å². The lowest BCUT2D eigenvalue weighted by Crippen LogP contribution is -2.41. The first-order valence-corrected chi connectivity index (χ1v) is 7.44. The number of nitrogens with one attached hydrogen (secondary N) is 1. The van der Waals surface area contributed by atoms with E-state index in [1.54, 1.807) is 30.3 Å². The van der Waals surface area contributed by atoms with Crippen LogP contribution in [-0.4, -0.2) is 23.2 Å². The van der Waals surface area contributed by atoms with Gasteiger partial charge in [0.05, 0.1) is 5.92 Å². The Bertz CT molecular complexity index is 559. The molecule has 1 aliphatic rings.